The Bertz CT molecular complexity index is 332. The predicted molar refractivity (Wildman–Crippen MR) is 71.1 cm³/mol. The van der Waals surface area contributed by atoms with E-state index in [4.69, 9.17) is 0 Å². The average molecular weight is 263 g/mol. The van der Waals surface area contributed by atoms with Crippen molar-refractivity contribution >= 4 is 9.84 Å². The predicted octanol–water partition coefficient (Wildman–Crippen LogP) is -0.745. The molecule has 0 bridgehead atoms. The number of hydrogen-bond donors (Lipinski definition) is 1. The summed E-state index contributed by atoms with van der Waals surface area (Å²) in [4.78, 5) is 4.62. The highest BCUT2D eigenvalue weighted by Gasteiger charge is 2.29. The van der Waals surface area contributed by atoms with Gasteiger partial charge < -0.3 is 10.2 Å². The Balaban J connectivity index is 2.59. The van der Waals surface area contributed by atoms with Crippen LogP contribution in [0.2, 0.25) is 0 Å². The molecule has 1 fully saturated rings. The smallest absolute Gasteiger partial charge is 0.147 e. The molecule has 0 saturated carbocycles. The van der Waals surface area contributed by atoms with E-state index in [9.17, 15) is 8.42 Å². The molecule has 1 saturated heterocycles. The minimum Gasteiger partial charge on any atom is -0.315 e. The zero-order valence-electron chi connectivity index (χ0n) is 11.3. The van der Waals surface area contributed by atoms with Crippen LogP contribution in [0.1, 0.15) is 6.42 Å². The van der Waals surface area contributed by atoms with Gasteiger partial charge in [-0.2, -0.15) is 0 Å². The van der Waals surface area contributed by atoms with Gasteiger partial charge in [0.05, 0.1) is 5.75 Å². The molecule has 0 radical (unpaired) electrons. The van der Waals surface area contributed by atoms with Crippen LogP contribution in [0.4, 0.5) is 0 Å². The molecule has 2 atom stereocenters. The van der Waals surface area contributed by atoms with Crippen molar-refractivity contribution in [2.24, 2.45) is 0 Å². The van der Waals surface area contributed by atoms with Gasteiger partial charge in [-0.15, -0.1) is 0 Å². The van der Waals surface area contributed by atoms with Crippen LogP contribution in [0.25, 0.3) is 0 Å². The molecular formula is C11H25N3O2S. The third-order valence-electron chi connectivity index (χ3n) is 3.53. The molecule has 17 heavy (non-hydrogen) atoms. The van der Waals surface area contributed by atoms with E-state index in [0.29, 0.717) is 12.5 Å². The van der Waals surface area contributed by atoms with Gasteiger partial charge in [0.1, 0.15) is 9.84 Å². The average Bonchev–Trinajstić information content (AvgIpc) is 2.22. The standard InChI is InChI=1S/C11H25N3O2S/c1-12-10(5-8-17(4,15)16)11-9-13(2)6-7-14(11)3/h10-12H,5-9H2,1-4H3. The van der Waals surface area contributed by atoms with Crippen LogP contribution in [0.5, 0.6) is 0 Å². The summed E-state index contributed by atoms with van der Waals surface area (Å²) < 4.78 is 22.5. The third kappa shape index (κ3) is 4.91. The van der Waals surface area contributed by atoms with Crippen LogP contribution in [0.15, 0.2) is 0 Å². The van der Waals surface area contributed by atoms with Gasteiger partial charge in [-0.3, -0.25) is 4.90 Å². The summed E-state index contributed by atoms with van der Waals surface area (Å²) in [5, 5.41) is 3.26. The minimum absolute atomic E-state index is 0.234. The number of nitrogens with one attached hydrogen (secondary N) is 1. The summed E-state index contributed by atoms with van der Waals surface area (Å²) in [7, 11) is 3.27. The van der Waals surface area contributed by atoms with Gasteiger partial charge in [0.2, 0.25) is 0 Å². The highest BCUT2D eigenvalue weighted by Crippen LogP contribution is 2.13. The Kier molecular flexibility index (Phi) is 5.37. The Morgan fingerprint density at radius 3 is 2.53 bits per heavy atom. The van der Waals surface area contributed by atoms with E-state index in [-0.39, 0.29) is 11.8 Å². The van der Waals surface area contributed by atoms with E-state index in [1.165, 1.54) is 6.26 Å². The molecule has 1 N–H and O–H groups in total. The van der Waals surface area contributed by atoms with Crippen molar-refractivity contribution < 1.29 is 8.42 Å². The second kappa shape index (κ2) is 6.13. The van der Waals surface area contributed by atoms with E-state index in [0.717, 1.165) is 19.6 Å². The Morgan fingerprint density at radius 2 is 2.00 bits per heavy atom. The second-order valence-electron chi connectivity index (χ2n) is 5.12. The summed E-state index contributed by atoms with van der Waals surface area (Å²) in [6.45, 7) is 3.11. The van der Waals surface area contributed by atoms with Gasteiger partial charge in [-0.1, -0.05) is 0 Å². The first-order chi connectivity index (χ1) is 7.83. The fourth-order valence-electron chi connectivity index (χ4n) is 2.35. The summed E-state index contributed by atoms with van der Waals surface area (Å²) in [6.07, 6.45) is 1.98. The molecular weight excluding hydrogens is 238 g/mol. The Morgan fingerprint density at radius 1 is 1.35 bits per heavy atom. The van der Waals surface area contributed by atoms with Crippen molar-refractivity contribution in [3.05, 3.63) is 0 Å². The van der Waals surface area contributed by atoms with Crippen LogP contribution in [-0.4, -0.2) is 83.1 Å². The lowest BCUT2D eigenvalue weighted by Crippen LogP contribution is -2.58. The van der Waals surface area contributed by atoms with Crippen molar-refractivity contribution in [1.82, 2.24) is 15.1 Å². The van der Waals surface area contributed by atoms with Crippen molar-refractivity contribution in [2.45, 2.75) is 18.5 Å². The molecule has 0 spiro atoms. The van der Waals surface area contributed by atoms with Crippen molar-refractivity contribution in [3.8, 4) is 0 Å². The molecule has 6 heteroatoms. The van der Waals surface area contributed by atoms with E-state index in [1.54, 1.807) is 0 Å². The maximum atomic E-state index is 11.2. The minimum atomic E-state index is -2.87. The van der Waals surface area contributed by atoms with Gasteiger partial charge in [-0.25, -0.2) is 8.42 Å². The molecule has 0 aromatic carbocycles. The van der Waals surface area contributed by atoms with E-state index in [1.807, 2.05) is 7.05 Å². The zero-order valence-corrected chi connectivity index (χ0v) is 12.1. The largest absolute Gasteiger partial charge is 0.315 e. The highest BCUT2D eigenvalue weighted by atomic mass is 32.2. The summed E-state index contributed by atoms with van der Waals surface area (Å²) >= 11 is 0. The van der Waals surface area contributed by atoms with Gasteiger partial charge in [0, 0.05) is 38.0 Å². The quantitative estimate of drug-likeness (QED) is 0.708. The van der Waals surface area contributed by atoms with Crippen molar-refractivity contribution in [2.75, 3.05) is 52.8 Å². The third-order valence-corrected chi connectivity index (χ3v) is 4.51. The molecule has 5 nitrogen and oxygen atoms in total. The van der Waals surface area contributed by atoms with Crippen molar-refractivity contribution in [1.29, 1.82) is 0 Å². The molecule has 102 valence electrons. The number of likely N-dealkylation sites (N-methyl/N-ethyl adjacent to an activating group) is 3. The van der Waals surface area contributed by atoms with Crippen LogP contribution in [0, 0.1) is 0 Å². The van der Waals surface area contributed by atoms with E-state index in [2.05, 4.69) is 29.2 Å². The normalized spacial score (nSPS) is 26.0. The lowest BCUT2D eigenvalue weighted by Gasteiger charge is -2.41. The van der Waals surface area contributed by atoms with Crippen LogP contribution < -0.4 is 5.32 Å². The lowest BCUT2D eigenvalue weighted by molar-refractivity contribution is 0.0889. The van der Waals surface area contributed by atoms with Crippen molar-refractivity contribution in [3.63, 3.8) is 0 Å². The Labute approximate surface area is 105 Å². The van der Waals surface area contributed by atoms with Gasteiger partial charge in [-0.05, 0) is 27.6 Å². The fourth-order valence-corrected chi connectivity index (χ4v) is 3.03. The fraction of sp³-hybridized carbons (Fsp3) is 1.00. The molecule has 0 aromatic heterocycles. The molecule has 0 aromatic rings. The summed E-state index contributed by atoms with van der Waals surface area (Å²) in [5.41, 5.74) is 0. The summed E-state index contributed by atoms with van der Waals surface area (Å²) in [6, 6.07) is 0.623. The van der Waals surface area contributed by atoms with Crippen LogP contribution in [-0.2, 0) is 9.84 Å². The monoisotopic (exact) mass is 263 g/mol. The molecule has 0 aliphatic carbocycles. The number of piperazine rings is 1. The zero-order chi connectivity index (χ0) is 13.1. The first kappa shape index (κ1) is 14.9. The Hall–Kier alpha value is -0.170. The van der Waals surface area contributed by atoms with E-state index >= 15 is 0 Å². The van der Waals surface area contributed by atoms with Gasteiger partial charge >= 0.3 is 0 Å². The number of sulfone groups is 1. The van der Waals surface area contributed by atoms with E-state index < -0.39 is 9.84 Å². The van der Waals surface area contributed by atoms with Crippen LogP contribution >= 0.6 is 0 Å². The second-order valence-corrected chi connectivity index (χ2v) is 7.38. The number of hydrogen-bond acceptors (Lipinski definition) is 5. The first-order valence-electron chi connectivity index (χ1n) is 6.07. The highest BCUT2D eigenvalue weighted by molar-refractivity contribution is 7.90. The number of nitrogens with zero attached hydrogens (tertiary/aromatic N) is 2. The molecule has 0 amide bonds. The number of rotatable bonds is 5. The maximum Gasteiger partial charge on any atom is 0.147 e. The van der Waals surface area contributed by atoms with Crippen LogP contribution in [0.3, 0.4) is 0 Å². The molecule has 1 rings (SSSR count). The SMILES string of the molecule is CNC(CCS(C)(=O)=O)C1CN(C)CCN1C. The van der Waals surface area contributed by atoms with Gasteiger partial charge in [0.15, 0.2) is 0 Å². The topological polar surface area (TPSA) is 52.7 Å². The first-order valence-corrected chi connectivity index (χ1v) is 8.13. The molecule has 1 aliphatic rings. The molecule has 1 heterocycles. The van der Waals surface area contributed by atoms with Gasteiger partial charge in [0.25, 0.3) is 0 Å². The lowest BCUT2D eigenvalue weighted by atomic mass is 10.0. The maximum absolute atomic E-state index is 11.2. The molecule has 1 aliphatic heterocycles. The molecule has 2 unspecified atom stereocenters. The summed E-state index contributed by atoms with van der Waals surface area (Å²) in [5.74, 6) is 0.257.